The number of piperidine rings is 1. The summed E-state index contributed by atoms with van der Waals surface area (Å²) in [6.07, 6.45) is 3.72. The summed E-state index contributed by atoms with van der Waals surface area (Å²) in [4.78, 5) is 4.77. The number of rotatable bonds is 2. The highest BCUT2D eigenvalue weighted by Gasteiger charge is 2.44. The van der Waals surface area contributed by atoms with E-state index >= 15 is 0 Å². The Bertz CT molecular complexity index is 368. The van der Waals surface area contributed by atoms with Gasteiger partial charge < -0.3 is 4.74 Å². The summed E-state index contributed by atoms with van der Waals surface area (Å²) in [5.41, 5.74) is 0. The lowest BCUT2D eigenvalue weighted by molar-refractivity contribution is 0.000663. The Morgan fingerprint density at radius 3 is 1.89 bits per heavy atom. The Kier molecular flexibility index (Phi) is 4.12. The summed E-state index contributed by atoms with van der Waals surface area (Å²) in [5, 5.41) is 0. The molecule has 0 aromatic rings. The molecule has 0 aromatic heterocycles. The molecule has 0 aliphatic carbocycles. The maximum absolute atomic E-state index is 12.1. The fourth-order valence-corrected chi connectivity index (χ4v) is 5.71. The predicted molar refractivity (Wildman–Crippen MR) is 74.0 cm³/mol. The first-order valence-electron chi connectivity index (χ1n) is 7.42. The normalized spacial score (nSPS) is 37.5. The topological polar surface area (TPSA) is 49.9 Å². The summed E-state index contributed by atoms with van der Waals surface area (Å²) in [7, 11) is -2.87. The zero-order valence-electron chi connectivity index (χ0n) is 11.5. The maximum atomic E-state index is 12.1. The van der Waals surface area contributed by atoms with Crippen LogP contribution in [0.4, 0.5) is 0 Å². The minimum atomic E-state index is -2.87. The monoisotopic (exact) mass is 288 g/mol. The molecule has 0 aromatic carbocycles. The van der Waals surface area contributed by atoms with Crippen molar-refractivity contribution in [1.29, 1.82) is 0 Å². The van der Waals surface area contributed by atoms with Crippen LogP contribution in [0, 0.1) is 0 Å². The van der Waals surface area contributed by atoms with Gasteiger partial charge in [-0.15, -0.1) is 0 Å². The fourth-order valence-electron chi connectivity index (χ4n) is 3.67. The first kappa shape index (κ1) is 13.8. The summed E-state index contributed by atoms with van der Waals surface area (Å²) >= 11 is 0. The summed E-state index contributed by atoms with van der Waals surface area (Å²) < 4.78 is 29.5. The fraction of sp³-hybridized carbons (Fsp3) is 1.00. The molecule has 0 bridgehead atoms. The third-order valence-corrected chi connectivity index (χ3v) is 6.37. The molecule has 3 heterocycles. The van der Waals surface area contributed by atoms with Crippen molar-refractivity contribution in [3.63, 3.8) is 0 Å². The second-order valence-corrected chi connectivity index (χ2v) is 8.11. The molecule has 5 nitrogen and oxygen atoms in total. The Balaban J connectivity index is 1.74. The molecule has 0 saturated carbocycles. The van der Waals surface area contributed by atoms with Crippen LogP contribution in [0.3, 0.4) is 0 Å². The third kappa shape index (κ3) is 3.12. The van der Waals surface area contributed by atoms with Crippen molar-refractivity contribution in [2.45, 2.75) is 31.3 Å². The highest BCUT2D eigenvalue weighted by atomic mass is 32.2. The average Bonchev–Trinajstić information content (AvgIpc) is 2.77. The minimum absolute atomic E-state index is 0.187. The standard InChI is InChI=1S/C13H24N2O3S/c16-19(17)10-12(14-4-2-1-3-5-14)13(11-19)15-6-8-18-9-7-15/h12-13H,1-11H2/t12-,13-/m1/s1. The van der Waals surface area contributed by atoms with Crippen LogP contribution in [0.1, 0.15) is 19.3 Å². The van der Waals surface area contributed by atoms with E-state index in [-0.39, 0.29) is 12.1 Å². The number of morpholine rings is 1. The molecule has 0 N–H and O–H groups in total. The van der Waals surface area contributed by atoms with Gasteiger partial charge in [-0.3, -0.25) is 9.80 Å². The molecule has 0 radical (unpaired) electrons. The van der Waals surface area contributed by atoms with Crippen LogP contribution in [0.15, 0.2) is 0 Å². The molecule has 110 valence electrons. The van der Waals surface area contributed by atoms with Crippen molar-refractivity contribution >= 4 is 9.84 Å². The highest BCUT2D eigenvalue weighted by Crippen LogP contribution is 2.26. The van der Waals surface area contributed by atoms with Gasteiger partial charge in [0.15, 0.2) is 9.84 Å². The van der Waals surface area contributed by atoms with Gasteiger partial charge in [0.25, 0.3) is 0 Å². The average molecular weight is 288 g/mol. The van der Waals surface area contributed by atoms with Gasteiger partial charge in [-0.2, -0.15) is 0 Å². The number of ether oxygens (including phenoxy) is 1. The quantitative estimate of drug-likeness (QED) is 0.714. The number of nitrogens with zero attached hydrogens (tertiary/aromatic N) is 2. The Labute approximate surface area is 115 Å². The van der Waals surface area contributed by atoms with E-state index < -0.39 is 9.84 Å². The summed E-state index contributed by atoms with van der Waals surface area (Å²) in [5.74, 6) is 0.698. The molecule has 3 aliphatic rings. The summed E-state index contributed by atoms with van der Waals surface area (Å²) in [6.45, 7) is 5.38. The lowest BCUT2D eigenvalue weighted by atomic mass is 10.0. The second-order valence-electron chi connectivity index (χ2n) is 5.96. The van der Waals surface area contributed by atoms with E-state index in [1.807, 2.05) is 0 Å². The number of hydrogen-bond acceptors (Lipinski definition) is 5. The van der Waals surface area contributed by atoms with E-state index in [2.05, 4.69) is 9.80 Å². The highest BCUT2D eigenvalue weighted by molar-refractivity contribution is 7.91. The summed E-state index contributed by atoms with van der Waals surface area (Å²) in [6, 6.07) is 0.399. The molecule has 19 heavy (non-hydrogen) atoms. The van der Waals surface area contributed by atoms with Gasteiger partial charge in [0.1, 0.15) is 0 Å². The molecule has 3 rings (SSSR count). The van der Waals surface area contributed by atoms with Crippen molar-refractivity contribution in [2.75, 3.05) is 50.9 Å². The number of likely N-dealkylation sites (tertiary alicyclic amines) is 1. The van der Waals surface area contributed by atoms with E-state index in [0.717, 1.165) is 39.4 Å². The van der Waals surface area contributed by atoms with Crippen LogP contribution in [0.5, 0.6) is 0 Å². The van der Waals surface area contributed by atoms with Crippen molar-refractivity contribution < 1.29 is 13.2 Å². The molecular formula is C13H24N2O3S. The maximum Gasteiger partial charge on any atom is 0.153 e. The zero-order valence-corrected chi connectivity index (χ0v) is 12.3. The SMILES string of the molecule is O=S1(=O)C[C@@H](N2CCCCC2)[C@H](N2CCOCC2)C1. The first-order chi connectivity index (χ1) is 9.16. The van der Waals surface area contributed by atoms with Gasteiger partial charge in [0.2, 0.25) is 0 Å². The van der Waals surface area contributed by atoms with Crippen LogP contribution in [-0.4, -0.2) is 81.2 Å². The van der Waals surface area contributed by atoms with E-state index in [1.165, 1.54) is 19.3 Å². The van der Waals surface area contributed by atoms with Gasteiger partial charge in [-0.25, -0.2) is 8.42 Å². The minimum Gasteiger partial charge on any atom is -0.379 e. The lowest BCUT2D eigenvalue weighted by Crippen LogP contribution is -2.55. The van der Waals surface area contributed by atoms with Crippen molar-refractivity contribution in [3.05, 3.63) is 0 Å². The Morgan fingerprint density at radius 1 is 0.789 bits per heavy atom. The second kappa shape index (κ2) is 5.68. The predicted octanol–water partition coefficient (Wildman–Crippen LogP) is -0.0299. The van der Waals surface area contributed by atoms with Crippen LogP contribution in [0.2, 0.25) is 0 Å². The molecule has 3 saturated heterocycles. The van der Waals surface area contributed by atoms with Gasteiger partial charge in [0.05, 0.1) is 24.7 Å². The molecule has 3 aliphatic heterocycles. The Hall–Kier alpha value is -0.170. The molecule has 2 atom stereocenters. The molecule has 3 fully saturated rings. The zero-order chi connectivity index (χ0) is 13.3. The molecule has 6 heteroatoms. The van der Waals surface area contributed by atoms with Crippen LogP contribution in [-0.2, 0) is 14.6 Å². The Morgan fingerprint density at radius 2 is 1.32 bits per heavy atom. The molecule has 0 spiro atoms. The van der Waals surface area contributed by atoms with Gasteiger partial charge in [0, 0.05) is 25.2 Å². The first-order valence-corrected chi connectivity index (χ1v) is 9.24. The van der Waals surface area contributed by atoms with E-state index in [1.54, 1.807) is 0 Å². The molecule has 0 unspecified atom stereocenters. The van der Waals surface area contributed by atoms with Crippen molar-refractivity contribution in [1.82, 2.24) is 9.80 Å². The lowest BCUT2D eigenvalue weighted by Gasteiger charge is -2.40. The van der Waals surface area contributed by atoms with Crippen molar-refractivity contribution in [3.8, 4) is 0 Å². The van der Waals surface area contributed by atoms with Crippen LogP contribution < -0.4 is 0 Å². The van der Waals surface area contributed by atoms with Gasteiger partial charge in [-0.1, -0.05) is 6.42 Å². The third-order valence-electron chi connectivity index (χ3n) is 4.67. The number of sulfone groups is 1. The van der Waals surface area contributed by atoms with Crippen LogP contribution >= 0.6 is 0 Å². The largest absolute Gasteiger partial charge is 0.379 e. The van der Waals surface area contributed by atoms with E-state index in [9.17, 15) is 8.42 Å². The molecule has 0 amide bonds. The van der Waals surface area contributed by atoms with Crippen LogP contribution in [0.25, 0.3) is 0 Å². The number of hydrogen-bond donors (Lipinski definition) is 0. The van der Waals surface area contributed by atoms with E-state index in [4.69, 9.17) is 4.74 Å². The van der Waals surface area contributed by atoms with Crippen molar-refractivity contribution in [2.24, 2.45) is 0 Å². The van der Waals surface area contributed by atoms with E-state index in [0.29, 0.717) is 11.5 Å². The smallest absolute Gasteiger partial charge is 0.153 e. The van der Waals surface area contributed by atoms with Gasteiger partial charge in [-0.05, 0) is 25.9 Å². The van der Waals surface area contributed by atoms with Gasteiger partial charge >= 0.3 is 0 Å². The molecular weight excluding hydrogens is 264 g/mol.